The van der Waals surface area contributed by atoms with E-state index in [0.29, 0.717) is 13.0 Å². The summed E-state index contributed by atoms with van der Waals surface area (Å²) in [6.45, 7) is 0.471. The summed E-state index contributed by atoms with van der Waals surface area (Å²) < 4.78 is 23.5. The average Bonchev–Trinajstić information content (AvgIpc) is 1.95. The molecule has 0 bridgehead atoms. The predicted octanol–water partition coefficient (Wildman–Crippen LogP) is -0.0989. The van der Waals surface area contributed by atoms with Gasteiger partial charge in [0, 0.05) is 19.5 Å². The lowest BCUT2D eigenvalue weighted by Crippen LogP contribution is -2.38. The molecule has 3 nitrogen and oxygen atoms in total. The minimum Gasteiger partial charge on any atom is -0.212 e. The smallest absolute Gasteiger partial charge is 0.212 e. The Bertz CT molecular complexity index is 275. The molecule has 1 rings (SSSR count). The second kappa shape index (κ2) is 2.84. The third-order valence-corrected chi connectivity index (χ3v) is 3.76. The number of terminal acetylenes is 1. The maximum Gasteiger partial charge on any atom is 0.213 e. The summed E-state index contributed by atoms with van der Waals surface area (Å²) in [4.78, 5) is 0. The van der Waals surface area contributed by atoms with Gasteiger partial charge in [0.05, 0.1) is 5.75 Å². The molecule has 0 aromatic rings. The van der Waals surface area contributed by atoms with Gasteiger partial charge in [-0.25, -0.2) is 12.7 Å². The normalized spacial score (nSPS) is 31.1. The van der Waals surface area contributed by atoms with Gasteiger partial charge in [0.25, 0.3) is 0 Å². The highest BCUT2D eigenvalue weighted by Gasteiger charge is 2.27. The van der Waals surface area contributed by atoms with E-state index in [9.17, 15) is 8.42 Å². The topological polar surface area (TPSA) is 37.4 Å². The van der Waals surface area contributed by atoms with Crippen LogP contribution in [0.5, 0.6) is 0 Å². The van der Waals surface area contributed by atoms with Crippen molar-refractivity contribution >= 4 is 10.0 Å². The van der Waals surface area contributed by atoms with Crippen molar-refractivity contribution in [2.45, 2.75) is 6.42 Å². The predicted molar refractivity (Wildman–Crippen MR) is 43.4 cm³/mol. The summed E-state index contributed by atoms with van der Waals surface area (Å²) in [5, 5.41) is 0. The van der Waals surface area contributed by atoms with Crippen molar-refractivity contribution in [1.82, 2.24) is 4.31 Å². The summed E-state index contributed by atoms with van der Waals surface area (Å²) in [7, 11) is -1.40. The van der Waals surface area contributed by atoms with Crippen LogP contribution in [-0.2, 0) is 10.0 Å². The third-order valence-electron chi connectivity index (χ3n) is 1.91. The van der Waals surface area contributed by atoms with E-state index in [1.165, 1.54) is 4.31 Å². The van der Waals surface area contributed by atoms with E-state index in [1.807, 2.05) is 0 Å². The molecule has 0 radical (unpaired) electrons. The number of sulfonamides is 1. The van der Waals surface area contributed by atoms with Crippen molar-refractivity contribution in [3.8, 4) is 12.3 Å². The van der Waals surface area contributed by atoms with Gasteiger partial charge in [0.1, 0.15) is 0 Å². The largest absolute Gasteiger partial charge is 0.213 e. The van der Waals surface area contributed by atoms with E-state index in [0.717, 1.165) is 0 Å². The van der Waals surface area contributed by atoms with Crippen molar-refractivity contribution in [2.75, 3.05) is 19.3 Å². The number of hydrogen-bond acceptors (Lipinski definition) is 2. The first kappa shape index (κ1) is 8.57. The molecule has 4 heteroatoms. The van der Waals surface area contributed by atoms with Crippen LogP contribution in [-0.4, -0.2) is 32.1 Å². The van der Waals surface area contributed by atoms with Gasteiger partial charge in [-0.05, 0) is 6.42 Å². The van der Waals surface area contributed by atoms with Crippen LogP contribution in [0.1, 0.15) is 6.42 Å². The summed E-state index contributed by atoms with van der Waals surface area (Å²) in [5.74, 6) is 2.86. The van der Waals surface area contributed by atoms with Gasteiger partial charge < -0.3 is 0 Å². The molecule has 0 aromatic heterocycles. The zero-order valence-electron chi connectivity index (χ0n) is 6.45. The number of rotatable bonds is 0. The second-order valence-electron chi connectivity index (χ2n) is 2.75. The van der Waals surface area contributed by atoms with Crippen LogP contribution in [0.15, 0.2) is 0 Å². The summed E-state index contributed by atoms with van der Waals surface area (Å²) >= 11 is 0. The molecule has 62 valence electrons. The summed E-state index contributed by atoms with van der Waals surface area (Å²) in [6, 6.07) is 0. The van der Waals surface area contributed by atoms with E-state index in [1.54, 1.807) is 7.05 Å². The molecule has 0 saturated carbocycles. The van der Waals surface area contributed by atoms with Crippen LogP contribution in [0.3, 0.4) is 0 Å². The second-order valence-corrected chi connectivity index (χ2v) is 4.94. The van der Waals surface area contributed by atoms with Crippen LogP contribution in [0.4, 0.5) is 0 Å². The number of nitrogens with zero attached hydrogens (tertiary/aromatic N) is 1. The molecule has 1 heterocycles. The SMILES string of the molecule is C#CC1CCS(=O)(=O)N(C)C1. The Hall–Kier alpha value is -0.530. The van der Waals surface area contributed by atoms with Crippen LogP contribution >= 0.6 is 0 Å². The average molecular weight is 173 g/mol. The quantitative estimate of drug-likeness (QED) is 0.480. The van der Waals surface area contributed by atoms with Crippen molar-refractivity contribution in [3.05, 3.63) is 0 Å². The minimum atomic E-state index is -2.97. The van der Waals surface area contributed by atoms with E-state index in [-0.39, 0.29) is 11.7 Å². The minimum absolute atomic E-state index is 0.100. The highest BCUT2D eigenvalue weighted by Crippen LogP contribution is 2.15. The van der Waals surface area contributed by atoms with Gasteiger partial charge in [-0.15, -0.1) is 12.3 Å². The Morgan fingerprint density at radius 2 is 2.27 bits per heavy atom. The van der Waals surface area contributed by atoms with E-state index in [2.05, 4.69) is 5.92 Å². The first-order chi connectivity index (χ1) is 5.06. The van der Waals surface area contributed by atoms with E-state index < -0.39 is 10.0 Å². The maximum atomic E-state index is 11.1. The zero-order valence-corrected chi connectivity index (χ0v) is 7.26. The van der Waals surface area contributed by atoms with Crippen LogP contribution in [0, 0.1) is 18.3 Å². The van der Waals surface area contributed by atoms with E-state index >= 15 is 0 Å². The molecule has 0 spiro atoms. The lowest BCUT2D eigenvalue weighted by Gasteiger charge is -2.25. The Morgan fingerprint density at radius 1 is 1.64 bits per heavy atom. The molecule has 0 aromatic carbocycles. The lowest BCUT2D eigenvalue weighted by atomic mass is 10.1. The van der Waals surface area contributed by atoms with Crippen molar-refractivity contribution < 1.29 is 8.42 Å². The molecular formula is C7H11NO2S. The highest BCUT2D eigenvalue weighted by molar-refractivity contribution is 7.89. The first-order valence-corrected chi connectivity index (χ1v) is 5.07. The summed E-state index contributed by atoms with van der Waals surface area (Å²) in [6.07, 6.45) is 5.78. The fourth-order valence-electron chi connectivity index (χ4n) is 1.10. The molecule has 1 atom stereocenters. The summed E-state index contributed by atoms with van der Waals surface area (Å²) in [5.41, 5.74) is 0. The first-order valence-electron chi connectivity index (χ1n) is 3.46. The molecule has 0 N–H and O–H groups in total. The van der Waals surface area contributed by atoms with E-state index in [4.69, 9.17) is 6.42 Å². The molecular weight excluding hydrogens is 162 g/mol. The Kier molecular flexibility index (Phi) is 2.21. The van der Waals surface area contributed by atoms with Gasteiger partial charge in [-0.2, -0.15) is 0 Å². The van der Waals surface area contributed by atoms with Gasteiger partial charge in [-0.3, -0.25) is 0 Å². The molecule has 1 aliphatic rings. The molecule has 1 unspecified atom stereocenters. The Morgan fingerprint density at radius 3 is 2.73 bits per heavy atom. The molecule has 1 saturated heterocycles. The van der Waals surface area contributed by atoms with Gasteiger partial charge in [0.15, 0.2) is 0 Å². The van der Waals surface area contributed by atoms with Crippen molar-refractivity contribution in [1.29, 1.82) is 0 Å². The van der Waals surface area contributed by atoms with Gasteiger partial charge >= 0.3 is 0 Å². The van der Waals surface area contributed by atoms with Crippen LogP contribution < -0.4 is 0 Å². The Labute approximate surface area is 67.4 Å². The van der Waals surface area contributed by atoms with Crippen LogP contribution in [0.25, 0.3) is 0 Å². The maximum absolute atomic E-state index is 11.1. The monoisotopic (exact) mass is 173 g/mol. The molecule has 0 aliphatic carbocycles. The fourth-order valence-corrected chi connectivity index (χ4v) is 2.40. The highest BCUT2D eigenvalue weighted by atomic mass is 32.2. The van der Waals surface area contributed by atoms with Crippen molar-refractivity contribution in [2.24, 2.45) is 5.92 Å². The lowest BCUT2D eigenvalue weighted by molar-refractivity contribution is 0.395. The molecule has 11 heavy (non-hydrogen) atoms. The molecule has 1 aliphatic heterocycles. The third kappa shape index (κ3) is 1.73. The van der Waals surface area contributed by atoms with Gasteiger partial charge in [-0.1, -0.05) is 0 Å². The van der Waals surface area contributed by atoms with Gasteiger partial charge in [0.2, 0.25) is 10.0 Å². The number of hydrogen-bond donors (Lipinski definition) is 0. The fraction of sp³-hybridized carbons (Fsp3) is 0.714. The standard InChI is InChI=1S/C7H11NO2S/c1-3-7-4-5-11(9,10)8(2)6-7/h1,7H,4-6H2,2H3. The zero-order chi connectivity index (χ0) is 8.48. The molecule has 0 amide bonds. The Balaban J connectivity index is 2.72. The van der Waals surface area contributed by atoms with Crippen LogP contribution in [0.2, 0.25) is 0 Å². The van der Waals surface area contributed by atoms with Crippen molar-refractivity contribution in [3.63, 3.8) is 0 Å². The molecule has 1 fully saturated rings.